The molecule has 150 valence electrons. The number of benzene rings is 2. The zero-order valence-electron chi connectivity index (χ0n) is 17.4. The van der Waals surface area contributed by atoms with Crippen LogP contribution in [0, 0.1) is 0 Å². The zero-order chi connectivity index (χ0) is 21.2. The molecule has 0 radical (unpaired) electrons. The van der Waals surface area contributed by atoms with Crippen LogP contribution in [-0.2, 0) is 9.98 Å². The van der Waals surface area contributed by atoms with Gasteiger partial charge >= 0.3 is 0 Å². The Balaban J connectivity index is 1.83. The largest absolute Gasteiger partial charge is 0.308 e. The summed E-state index contributed by atoms with van der Waals surface area (Å²) in [6, 6.07) is 26.0. The average Bonchev–Trinajstić information content (AvgIpc) is 2.99. The second kappa shape index (κ2) is 6.35. The number of pyridine rings is 2. The van der Waals surface area contributed by atoms with Gasteiger partial charge in [-0.25, -0.2) is 0 Å². The molecule has 0 saturated heterocycles. The molecule has 1 atom stereocenters. The molecule has 3 nitrogen and oxygen atoms in total. The molecule has 0 N–H and O–H groups in total. The number of rotatable bonds is 1. The maximum Gasteiger partial charge on any atom is 0.175 e. The Labute approximate surface area is 181 Å². The first-order valence-corrected chi connectivity index (χ1v) is 12.2. The van der Waals surface area contributed by atoms with Gasteiger partial charge in [0.05, 0.1) is 11.4 Å². The van der Waals surface area contributed by atoms with Gasteiger partial charge in [0.15, 0.2) is 7.14 Å². The lowest BCUT2D eigenvalue weighted by molar-refractivity contribution is 0.592. The van der Waals surface area contributed by atoms with Crippen molar-refractivity contribution in [2.45, 2.75) is 19.3 Å². The molecule has 0 fully saturated rings. The van der Waals surface area contributed by atoms with Gasteiger partial charge in [-0.1, -0.05) is 68.4 Å². The van der Waals surface area contributed by atoms with Crippen LogP contribution in [0.2, 0.25) is 0 Å². The van der Waals surface area contributed by atoms with Crippen LogP contribution in [0.3, 0.4) is 0 Å². The summed E-state index contributed by atoms with van der Waals surface area (Å²) in [7, 11) is -3.18. The first kappa shape index (κ1) is 18.5. The molecule has 0 amide bonds. The maximum absolute atomic E-state index is 15.1. The third-order valence-electron chi connectivity index (χ3n) is 6.59. The lowest BCUT2D eigenvalue weighted by Gasteiger charge is -2.27. The van der Waals surface area contributed by atoms with Gasteiger partial charge in [0.25, 0.3) is 0 Å². The Kier molecular flexibility index (Phi) is 3.79. The summed E-state index contributed by atoms with van der Waals surface area (Å²) in [6.45, 7) is 4.46. The fourth-order valence-electron chi connectivity index (χ4n) is 5.22. The van der Waals surface area contributed by atoms with Crippen molar-refractivity contribution in [1.29, 1.82) is 0 Å². The van der Waals surface area contributed by atoms with E-state index >= 15 is 4.57 Å². The third kappa shape index (κ3) is 2.33. The molecule has 3 heterocycles. The fourth-order valence-corrected chi connectivity index (χ4v) is 8.16. The molecule has 2 aromatic heterocycles. The van der Waals surface area contributed by atoms with E-state index in [1.807, 2.05) is 54.6 Å². The van der Waals surface area contributed by atoms with E-state index in [4.69, 9.17) is 9.97 Å². The smallest absolute Gasteiger partial charge is 0.175 e. The zero-order valence-corrected chi connectivity index (χ0v) is 18.3. The molecule has 2 aliphatic rings. The second-order valence-electron chi connectivity index (χ2n) is 8.61. The van der Waals surface area contributed by atoms with Crippen LogP contribution in [0.1, 0.15) is 36.4 Å². The van der Waals surface area contributed by atoms with Crippen molar-refractivity contribution in [3.05, 3.63) is 114 Å². The summed E-state index contributed by atoms with van der Waals surface area (Å²) in [5.41, 5.74) is 5.92. The lowest BCUT2D eigenvalue weighted by Crippen LogP contribution is -2.30. The van der Waals surface area contributed by atoms with E-state index in [0.29, 0.717) is 0 Å². The number of hydrogen-bond acceptors (Lipinski definition) is 3. The molecule has 0 spiro atoms. The highest BCUT2D eigenvalue weighted by molar-refractivity contribution is 7.85. The Hall–Kier alpha value is -3.29. The van der Waals surface area contributed by atoms with Gasteiger partial charge in [-0.3, -0.25) is 9.97 Å². The van der Waals surface area contributed by atoms with Gasteiger partial charge < -0.3 is 4.57 Å². The maximum atomic E-state index is 15.1. The van der Waals surface area contributed by atoms with Crippen LogP contribution in [0.4, 0.5) is 0 Å². The molecule has 1 aliphatic carbocycles. The predicted molar refractivity (Wildman–Crippen MR) is 127 cm³/mol. The summed E-state index contributed by atoms with van der Waals surface area (Å²) >= 11 is 0. The van der Waals surface area contributed by atoms with Crippen LogP contribution < -0.4 is 15.9 Å². The Bertz CT molecular complexity index is 1440. The molecule has 1 aliphatic heterocycles. The Morgan fingerprint density at radius 2 is 1.32 bits per heavy atom. The monoisotopic (exact) mass is 420 g/mol. The second-order valence-corrected chi connectivity index (χ2v) is 11.3. The van der Waals surface area contributed by atoms with Gasteiger partial charge in [0.1, 0.15) is 0 Å². The summed E-state index contributed by atoms with van der Waals surface area (Å²) in [5, 5.41) is 2.39. The van der Waals surface area contributed by atoms with E-state index in [9.17, 15) is 0 Å². The van der Waals surface area contributed by atoms with Crippen molar-refractivity contribution in [2.75, 3.05) is 0 Å². The van der Waals surface area contributed by atoms with E-state index in [0.717, 1.165) is 44.0 Å². The number of fused-ring (bicyclic) bond motifs is 6. The first-order chi connectivity index (χ1) is 15.0. The van der Waals surface area contributed by atoms with Crippen molar-refractivity contribution in [2.24, 2.45) is 0 Å². The van der Waals surface area contributed by atoms with Crippen LogP contribution in [-0.4, -0.2) is 9.97 Å². The Morgan fingerprint density at radius 1 is 0.710 bits per heavy atom. The standard InChI is InChI=1S/C27H21N2OP/c1-27(2)20-13-7-6-12-19(20)23-24(27)26-22(15-9-17-29-26)31(30,18-10-4-3-5-11-18)21-14-8-16-28-25(21)23/h3-17H,1-2H3. The summed E-state index contributed by atoms with van der Waals surface area (Å²) in [5.74, 6) is 0. The van der Waals surface area contributed by atoms with Crippen molar-refractivity contribution >= 4 is 34.2 Å². The van der Waals surface area contributed by atoms with Crippen molar-refractivity contribution in [1.82, 2.24) is 9.97 Å². The minimum atomic E-state index is -3.18. The average molecular weight is 420 g/mol. The molecule has 6 rings (SSSR count). The van der Waals surface area contributed by atoms with E-state index < -0.39 is 7.14 Å². The number of nitrogens with zero attached hydrogens (tertiary/aromatic N) is 2. The molecule has 31 heavy (non-hydrogen) atoms. The van der Waals surface area contributed by atoms with Crippen LogP contribution in [0.5, 0.6) is 0 Å². The summed E-state index contributed by atoms with van der Waals surface area (Å²) < 4.78 is 15.1. The highest BCUT2D eigenvalue weighted by atomic mass is 31.2. The Morgan fingerprint density at radius 3 is 2.06 bits per heavy atom. The molecule has 0 saturated carbocycles. The van der Waals surface area contributed by atoms with E-state index in [1.165, 1.54) is 5.56 Å². The molecule has 1 unspecified atom stereocenters. The molecule has 2 aromatic carbocycles. The van der Waals surface area contributed by atoms with Crippen LogP contribution >= 0.6 is 7.14 Å². The van der Waals surface area contributed by atoms with Gasteiger partial charge in [-0.2, -0.15) is 0 Å². The number of aromatic nitrogens is 2. The summed E-state index contributed by atoms with van der Waals surface area (Å²) in [6.07, 6.45) is 3.61. The minimum absolute atomic E-state index is 0.282. The van der Waals surface area contributed by atoms with E-state index in [2.05, 4.69) is 38.1 Å². The van der Waals surface area contributed by atoms with Crippen molar-refractivity contribution in [3.8, 4) is 0 Å². The van der Waals surface area contributed by atoms with Gasteiger partial charge in [-0.15, -0.1) is 0 Å². The summed E-state index contributed by atoms with van der Waals surface area (Å²) in [4.78, 5) is 9.68. The highest BCUT2D eigenvalue weighted by Crippen LogP contribution is 2.57. The molecular weight excluding hydrogens is 399 g/mol. The quantitative estimate of drug-likeness (QED) is 0.420. The van der Waals surface area contributed by atoms with Crippen molar-refractivity contribution in [3.63, 3.8) is 0 Å². The fraction of sp³-hybridized carbons (Fsp3) is 0.111. The van der Waals surface area contributed by atoms with Crippen LogP contribution in [0.15, 0.2) is 91.3 Å². The molecule has 4 heteroatoms. The normalized spacial score (nSPS) is 20.3. The van der Waals surface area contributed by atoms with E-state index in [-0.39, 0.29) is 5.41 Å². The molecular formula is C27H21N2OP. The predicted octanol–water partition coefficient (Wildman–Crippen LogP) is 4.68. The lowest BCUT2D eigenvalue weighted by atomic mass is 9.79. The van der Waals surface area contributed by atoms with Gasteiger partial charge in [0, 0.05) is 39.3 Å². The third-order valence-corrected chi connectivity index (χ3v) is 9.69. The minimum Gasteiger partial charge on any atom is -0.308 e. The van der Waals surface area contributed by atoms with Crippen molar-refractivity contribution < 1.29 is 4.57 Å². The van der Waals surface area contributed by atoms with Gasteiger partial charge in [-0.05, 0) is 41.0 Å². The first-order valence-electron chi connectivity index (χ1n) is 10.5. The SMILES string of the molecule is CC1(C)C2=C(c3ccccc31)c1ncccc1P(=O)(c1ccccc1)c1cccnc12. The van der Waals surface area contributed by atoms with E-state index in [1.54, 1.807) is 12.4 Å². The molecule has 0 bridgehead atoms. The topological polar surface area (TPSA) is 42.9 Å². The highest BCUT2D eigenvalue weighted by Gasteiger charge is 2.47. The van der Waals surface area contributed by atoms with Crippen LogP contribution in [0.25, 0.3) is 11.1 Å². The number of hydrogen-bond donors (Lipinski definition) is 0. The molecule has 4 aromatic rings. The number of allylic oxidation sites excluding steroid dienone is 1. The van der Waals surface area contributed by atoms with Gasteiger partial charge in [0.2, 0.25) is 0 Å².